The van der Waals surface area contributed by atoms with Crippen molar-refractivity contribution in [3.63, 3.8) is 0 Å². The number of hydrogen-bond acceptors (Lipinski definition) is 4. The Morgan fingerprint density at radius 2 is 1.67 bits per heavy atom. The maximum atomic E-state index is 13.0. The predicted molar refractivity (Wildman–Crippen MR) is 117 cm³/mol. The lowest BCUT2D eigenvalue weighted by atomic mass is 10.2. The summed E-state index contributed by atoms with van der Waals surface area (Å²) < 4.78 is 15.0. The van der Waals surface area contributed by atoms with Gasteiger partial charge in [-0.05, 0) is 50.2 Å². The molecule has 1 N–H and O–H groups in total. The first kappa shape index (κ1) is 20.1. The van der Waals surface area contributed by atoms with Crippen molar-refractivity contribution in [1.82, 2.24) is 14.7 Å². The third kappa shape index (κ3) is 4.36. The van der Waals surface area contributed by atoms with Crippen LogP contribution in [0.5, 0.6) is 0 Å². The minimum atomic E-state index is -0.315. The number of hydrogen-bond donors (Lipinski definition) is 1. The minimum Gasteiger partial charge on any atom is -0.366 e. The summed E-state index contributed by atoms with van der Waals surface area (Å²) in [6.45, 7) is 7.75. The summed E-state index contributed by atoms with van der Waals surface area (Å²) in [7, 11) is 0. The average molecular weight is 407 g/mol. The number of anilines is 2. The molecule has 0 saturated carbocycles. The Balaban J connectivity index is 1.36. The molecule has 4 rings (SSSR count). The van der Waals surface area contributed by atoms with Gasteiger partial charge in [0.15, 0.2) is 0 Å². The number of aryl methyl sites for hydroxylation is 1. The molecule has 2 aromatic carbocycles. The van der Waals surface area contributed by atoms with Crippen LogP contribution in [0.4, 0.5) is 15.8 Å². The fraction of sp³-hybridized carbons (Fsp3) is 0.304. The Hall–Kier alpha value is -3.19. The Kier molecular flexibility index (Phi) is 5.81. The molecule has 1 aliphatic heterocycles. The van der Waals surface area contributed by atoms with E-state index in [0.717, 1.165) is 43.3 Å². The summed E-state index contributed by atoms with van der Waals surface area (Å²) in [5.74, 6) is -0.399. The van der Waals surface area contributed by atoms with E-state index >= 15 is 0 Å². The van der Waals surface area contributed by atoms with E-state index in [9.17, 15) is 9.18 Å². The van der Waals surface area contributed by atoms with Crippen molar-refractivity contribution in [3.8, 4) is 5.69 Å². The van der Waals surface area contributed by atoms with Crippen LogP contribution in [0.1, 0.15) is 11.4 Å². The van der Waals surface area contributed by atoms with E-state index in [4.69, 9.17) is 5.10 Å². The Labute approximate surface area is 175 Å². The molecule has 6 nitrogen and oxygen atoms in total. The molecule has 1 saturated heterocycles. The number of carbonyl (C=O) groups is 1. The molecule has 7 heteroatoms. The molecule has 1 amide bonds. The van der Waals surface area contributed by atoms with E-state index in [1.807, 2.05) is 29.8 Å². The zero-order valence-electron chi connectivity index (χ0n) is 17.3. The molecule has 0 aliphatic carbocycles. The number of benzene rings is 2. The Morgan fingerprint density at radius 1 is 1.00 bits per heavy atom. The number of nitrogens with zero attached hydrogens (tertiary/aromatic N) is 4. The maximum absolute atomic E-state index is 13.0. The minimum absolute atomic E-state index is 0.0840. The van der Waals surface area contributed by atoms with Crippen LogP contribution >= 0.6 is 0 Å². The first-order valence-corrected chi connectivity index (χ1v) is 10.2. The third-order valence-electron chi connectivity index (χ3n) is 5.44. The maximum Gasteiger partial charge on any atom is 0.238 e. The van der Waals surface area contributed by atoms with Gasteiger partial charge in [0.1, 0.15) is 5.82 Å². The number of aromatic nitrogens is 2. The number of para-hydroxylation sites is 1. The van der Waals surface area contributed by atoms with Gasteiger partial charge in [-0.1, -0.05) is 18.2 Å². The second-order valence-corrected chi connectivity index (χ2v) is 7.59. The molecule has 156 valence electrons. The summed E-state index contributed by atoms with van der Waals surface area (Å²) in [6.07, 6.45) is 0. The van der Waals surface area contributed by atoms with E-state index in [1.165, 1.54) is 17.8 Å². The first-order chi connectivity index (χ1) is 14.5. The van der Waals surface area contributed by atoms with E-state index in [0.29, 0.717) is 12.2 Å². The van der Waals surface area contributed by atoms with Crippen molar-refractivity contribution < 1.29 is 9.18 Å². The highest BCUT2D eigenvalue weighted by Crippen LogP contribution is 2.27. The molecular weight excluding hydrogens is 381 g/mol. The van der Waals surface area contributed by atoms with Crippen LogP contribution in [0.2, 0.25) is 0 Å². The molecule has 0 bridgehead atoms. The lowest BCUT2D eigenvalue weighted by Crippen LogP contribution is -2.49. The predicted octanol–water partition coefficient (Wildman–Crippen LogP) is 3.39. The smallest absolute Gasteiger partial charge is 0.238 e. The van der Waals surface area contributed by atoms with E-state index in [-0.39, 0.29) is 11.7 Å². The van der Waals surface area contributed by atoms with Gasteiger partial charge in [-0.2, -0.15) is 5.10 Å². The van der Waals surface area contributed by atoms with Gasteiger partial charge in [0, 0.05) is 31.9 Å². The summed E-state index contributed by atoms with van der Waals surface area (Å²) in [6, 6.07) is 16.0. The van der Waals surface area contributed by atoms with Gasteiger partial charge in [0.05, 0.1) is 29.3 Å². The summed E-state index contributed by atoms with van der Waals surface area (Å²) >= 11 is 0. The summed E-state index contributed by atoms with van der Waals surface area (Å²) in [5, 5.41) is 7.57. The molecule has 30 heavy (non-hydrogen) atoms. The largest absolute Gasteiger partial charge is 0.366 e. The average Bonchev–Trinajstić information content (AvgIpc) is 3.05. The van der Waals surface area contributed by atoms with E-state index in [1.54, 1.807) is 12.1 Å². The fourth-order valence-electron chi connectivity index (χ4n) is 3.98. The zero-order valence-corrected chi connectivity index (χ0v) is 17.3. The Morgan fingerprint density at radius 3 is 2.33 bits per heavy atom. The molecule has 0 unspecified atom stereocenters. The number of carbonyl (C=O) groups excluding carboxylic acids is 1. The second-order valence-electron chi connectivity index (χ2n) is 7.59. The fourth-order valence-corrected chi connectivity index (χ4v) is 3.98. The normalized spacial score (nSPS) is 14.7. The van der Waals surface area contributed by atoms with Crippen molar-refractivity contribution in [1.29, 1.82) is 0 Å². The lowest BCUT2D eigenvalue weighted by Gasteiger charge is -2.35. The van der Waals surface area contributed by atoms with Gasteiger partial charge in [-0.25, -0.2) is 9.07 Å². The number of amides is 1. The lowest BCUT2D eigenvalue weighted by molar-refractivity contribution is -0.117. The highest BCUT2D eigenvalue weighted by molar-refractivity contribution is 5.92. The van der Waals surface area contributed by atoms with Crippen LogP contribution in [-0.2, 0) is 4.79 Å². The topological polar surface area (TPSA) is 53.4 Å². The molecule has 1 aliphatic rings. The molecule has 2 heterocycles. The highest BCUT2D eigenvalue weighted by atomic mass is 19.1. The van der Waals surface area contributed by atoms with Crippen LogP contribution in [0.25, 0.3) is 5.69 Å². The van der Waals surface area contributed by atoms with Gasteiger partial charge in [0.25, 0.3) is 0 Å². The van der Waals surface area contributed by atoms with Crippen molar-refractivity contribution in [2.24, 2.45) is 0 Å². The zero-order chi connectivity index (χ0) is 21.1. The number of piperazine rings is 1. The quantitative estimate of drug-likeness (QED) is 0.705. The molecule has 3 aromatic rings. The van der Waals surface area contributed by atoms with Crippen LogP contribution < -0.4 is 10.2 Å². The SMILES string of the molecule is Cc1nn(-c2ccccc2)c(C)c1N1CCN(CC(=O)Nc2ccc(F)cc2)CC1. The highest BCUT2D eigenvalue weighted by Gasteiger charge is 2.24. The van der Waals surface area contributed by atoms with Gasteiger partial charge in [-0.3, -0.25) is 9.69 Å². The standard InChI is InChI=1S/C23H26FN5O/c1-17-23(18(2)29(26-17)21-6-4-3-5-7-21)28-14-12-27(13-15-28)16-22(30)25-20-10-8-19(24)9-11-20/h3-11H,12-16H2,1-2H3,(H,25,30). The van der Waals surface area contributed by atoms with Crippen LogP contribution in [0, 0.1) is 19.7 Å². The van der Waals surface area contributed by atoms with Gasteiger partial charge >= 0.3 is 0 Å². The van der Waals surface area contributed by atoms with Crippen molar-refractivity contribution in [2.75, 3.05) is 42.9 Å². The molecule has 0 atom stereocenters. The van der Waals surface area contributed by atoms with Crippen molar-refractivity contribution >= 4 is 17.3 Å². The molecule has 0 spiro atoms. The Bertz CT molecular complexity index is 1010. The summed E-state index contributed by atoms with van der Waals surface area (Å²) in [4.78, 5) is 16.8. The number of halogens is 1. The van der Waals surface area contributed by atoms with Crippen LogP contribution in [-0.4, -0.2) is 53.3 Å². The molecule has 0 radical (unpaired) electrons. The van der Waals surface area contributed by atoms with Gasteiger partial charge < -0.3 is 10.2 Å². The second kappa shape index (κ2) is 8.67. The van der Waals surface area contributed by atoms with Gasteiger partial charge in [-0.15, -0.1) is 0 Å². The van der Waals surface area contributed by atoms with Crippen LogP contribution in [0.3, 0.4) is 0 Å². The van der Waals surface area contributed by atoms with Gasteiger partial charge in [0.2, 0.25) is 5.91 Å². The molecule has 1 aromatic heterocycles. The van der Waals surface area contributed by atoms with Crippen molar-refractivity contribution in [2.45, 2.75) is 13.8 Å². The van der Waals surface area contributed by atoms with E-state index in [2.05, 4.69) is 34.2 Å². The number of rotatable bonds is 5. The van der Waals surface area contributed by atoms with E-state index < -0.39 is 0 Å². The number of nitrogens with one attached hydrogen (secondary N) is 1. The monoisotopic (exact) mass is 407 g/mol. The van der Waals surface area contributed by atoms with Crippen molar-refractivity contribution in [3.05, 3.63) is 71.8 Å². The third-order valence-corrected chi connectivity index (χ3v) is 5.44. The summed E-state index contributed by atoms with van der Waals surface area (Å²) in [5.41, 5.74) is 4.98. The van der Waals surface area contributed by atoms with Crippen LogP contribution in [0.15, 0.2) is 54.6 Å². The molecular formula is C23H26FN5O. The molecule has 1 fully saturated rings. The first-order valence-electron chi connectivity index (χ1n) is 10.2.